The van der Waals surface area contributed by atoms with Crippen LogP contribution in [0.3, 0.4) is 0 Å². The van der Waals surface area contributed by atoms with Gasteiger partial charge in [0, 0.05) is 9.79 Å². The third kappa shape index (κ3) is 4.21. The summed E-state index contributed by atoms with van der Waals surface area (Å²) in [4.78, 5) is 1.90. The fourth-order valence-corrected chi connectivity index (χ4v) is 3.54. The molecule has 0 aromatic heterocycles. The van der Waals surface area contributed by atoms with Crippen molar-refractivity contribution < 1.29 is 5.11 Å². The fourth-order valence-electron chi connectivity index (χ4n) is 1.52. The van der Waals surface area contributed by atoms with Crippen molar-refractivity contribution in [2.24, 2.45) is 4.36 Å². The zero-order chi connectivity index (χ0) is 14.6. The van der Waals surface area contributed by atoms with E-state index >= 15 is 0 Å². The van der Waals surface area contributed by atoms with E-state index in [4.69, 9.17) is 34.8 Å². The quantitative estimate of drug-likeness (QED) is 0.808. The molecule has 0 radical (unpaired) electrons. The largest absolute Gasteiger partial charge is 0.368 e. The molecule has 0 saturated heterocycles. The summed E-state index contributed by atoms with van der Waals surface area (Å²) in [5.74, 6) is 0. The summed E-state index contributed by atoms with van der Waals surface area (Å²) in [5, 5.41) is 9.92. The molecule has 2 nitrogen and oxygen atoms in total. The van der Waals surface area contributed by atoms with Crippen LogP contribution in [0.1, 0.15) is 0 Å². The van der Waals surface area contributed by atoms with Gasteiger partial charge in [0.15, 0.2) is 6.23 Å². The third-order valence-electron chi connectivity index (χ3n) is 2.43. The summed E-state index contributed by atoms with van der Waals surface area (Å²) >= 11 is 17.1. The first kappa shape index (κ1) is 15.8. The highest BCUT2D eigenvalue weighted by Crippen LogP contribution is 2.32. The van der Waals surface area contributed by atoms with E-state index in [9.17, 15) is 5.11 Å². The van der Waals surface area contributed by atoms with Crippen LogP contribution in [0, 0.1) is 0 Å². The van der Waals surface area contributed by atoms with E-state index in [2.05, 4.69) is 4.36 Å². The standard InChI is InChI=1S/C14H12Cl3NOS/c15-14(16,17)13(19)18-20(11-7-3-1-4-8-11)12-9-5-2-6-10-12/h1-10,13,19H. The number of hydrogen-bond acceptors (Lipinski definition) is 2. The van der Waals surface area contributed by atoms with Crippen LogP contribution in [-0.4, -0.2) is 15.1 Å². The summed E-state index contributed by atoms with van der Waals surface area (Å²) in [5.41, 5.74) is 0. The second kappa shape index (κ2) is 6.92. The van der Waals surface area contributed by atoms with Crippen molar-refractivity contribution in [2.45, 2.75) is 19.8 Å². The van der Waals surface area contributed by atoms with E-state index in [1.165, 1.54) is 0 Å². The van der Waals surface area contributed by atoms with Crippen molar-refractivity contribution in [1.29, 1.82) is 0 Å². The number of hydrogen-bond donors (Lipinski definition) is 1. The maximum atomic E-state index is 9.92. The Balaban J connectivity index is 2.49. The average Bonchev–Trinajstić information content (AvgIpc) is 2.45. The molecule has 0 aliphatic rings. The van der Waals surface area contributed by atoms with Crippen LogP contribution in [-0.2, 0) is 10.7 Å². The number of alkyl halides is 3. The van der Waals surface area contributed by atoms with Gasteiger partial charge in [-0.3, -0.25) is 0 Å². The normalized spacial score (nSPS) is 13.2. The molecule has 20 heavy (non-hydrogen) atoms. The summed E-state index contributed by atoms with van der Waals surface area (Å²) in [6.07, 6.45) is -1.39. The zero-order valence-corrected chi connectivity index (χ0v) is 13.4. The van der Waals surface area contributed by atoms with Crippen molar-refractivity contribution in [3.8, 4) is 0 Å². The van der Waals surface area contributed by atoms with Gasteiger partial charge in [0.1, 0.15) is 0 Å². The minimum absolute atomic E-state index is 0.706. The van der Waals surface area contributed by atoms with Gasteiger partial charge in [-0.05, 0) is 35.0 Å². The highest BCUT2D eigenvalue weighted by Gasteiger charge is 2.31. The number of aliphatic hydroxyl groups excluding tert-OH is 1. The van der Waals surface area contributed by atoms with Crippen LogP contribution >= 0.6 is 34.8 Å². The Hall–Kier alpha value is -0.580. The van der Waals surface area contributed by atoms with Crippen LogP contribution in [0.25, 0.3) is 0 Å². The molecule has 1 atom stereocenters. The molecule has 106 valence electrons. The first-order valence-electron chi connectivity index (χ1n) is 5.78. The van der Waals surface area contributed by atoms with Crippen molar-refractivity contribution in [3.63, 3.8) is 0 Å². The maximum Gasteiger partial charge on any atom is 0.236 e. The minimum atomic E-state index is -1.84. The molecule has 0 saturated carbocycles. The molecule has 0 aliphatic carbocycles. The molecule has 0 bridgehead atoms. The lowest BCUT2D eigenvalue weighted by Gasteiger charge is -2.17. The van der Waals surface area contributed by atoms with Crippen LogP contribution in [0.4, 0.5) is 0 Å². The van der Waals surface area contributed by atoms with E-state index < -0.39 is 20.7 Å². The van der Waals surface area contributed by atoms with Gasteiger partial charge >= 0.3 is 0 Å². The summed E-state index contributed by atoms with van der Waals surface area (Å²) in [7, 11) is -0.706. The minimum Gasteiger partial charge on any atom is -0.368 e. The van der Waals surface area contributed by atoms with E-state index in [-0.39, 0.29) is 0 Å². The average molecular weight is 349 g/mol. The van der Waals surface area contributed by atoms with Crippen molar-refractivity contribution >= 4 is 45.5 Å². The van der Waals surface area contributed by atoms with E-state index in [0.717, 1.165) is 9.79 Å². The first-order chi connectivity index (χ1) is 9.48. The molecule has 0 aliphatic heterocycles. The molecule has 2 aromatic rings. The van der Waals surface area contributed by atoms with Gasteiger partial charge in [-0.1, -0.05) is 71.2 Å². The predicted molar refractivity (Wildman–Crippen MR) is 85.5 cm³/mol. The lowest BCUT2D eigenvalue weighted by Crippen LogP contribution is -2.23. The Morgan fingerprint density at radius 2 is 1.25 bits per heavy atom. The number of aliphatic hydroxyl groups is 1. The topological polar surface area (TPSA) is 32.6 Å². The second-order valence-electron chi connectivity index (χ2n) is 3.93. The molecule has 0 fully saturated rings. The molecule has 6 heteroatoms. The SMILES string of the molecule is OC(N=S(c1ccccc1)c1ccccc1)C(Cl)(Cl)Cl. The predicted octanol–water partition coefficient (Wildman–Crippen LogP) is 4.60. The number of nitrogens with zero attached hydrogens (tertiary/aromatic N) is 1. The first-order valence-corrected chi connectivity index (χ1v) is 8.10. The van der Waals surface area contributed by atoms with Crippen LogP contribution in [0.15, 0.2) is 74.8 Å². The van der Waals surface area contributed by atoms with E-state index in [0.29, 0.717) is 0 Å². The maximum absolute atomic E-state index is 9.92. The van der Waals surface area contributed by atoms with Crippen LogP contribution < -0.4 is 0 Å². The lowest BCUT2D eigenvalue weighted by molar-refractivity contribution is 0.191. The molecule has 2 rings (SSSR count). The molecule has 1 N–H and O–H groups in total. The van der Waals surface area contributed by atoms with Gasteiger partial charge in [-0.2, -0.15) is 0 Å². The van der Waals surface area contributed by atoms with E-state index in [1.54, 1.807) is 0 Å². The third-order valence-corrected chi connectivity index (χ3v) is 4.86. The number of benzene rings is 2. The lowest BCUT2D eigenvalue weighted by atomic mass is 10.4. The Labute approximate surface area is 135 Å². The molecular weight excluding hydrogens is 337 g/mol. The van der Waals surface area contributed by atoms with Gasteiger partial charge in [0.05, 0.1) is 0 Å². The van der Waals surface area contributed by atoms with Gasteiger partial charge in [-0.15, -0.1) is 0 Å². The van der Waals surface area contributed by atoms with Gasteiger partial charge in [-0.25, -0.2) is 4.36 Å². The highest BCUT2D eigenvalue weighted by molar-refractivity contribution is 7.87. The fraction of sp³-hybridized carbons (Fsp3) is 0.143. The van der Waals surface area contributed by atoms with Gasteiger partial charge in [0.25, 0.3) is 0 Å². The van der Waals surface area contributed by atoms with E-state index in [1.807, 2.05) is 60.7 Å². The molecule has 1 unspecified atom stereocenters. The van der Waals surface area contributed by atoms with Crippen LogP contribution in [0.2, 0.25) is 0 Å². The van der Waals surface area contributed by atoms with Crippen molar-refractivity contribution in [2.75, 3.05) is 0 Å². The number of halogens is 3. The number of rotatable bonds is 3. The Morgan fingerprint density at radius 3 is 1.60 bits per heavy atom. The Morgan fingerprint density at radius 1 is 0.850 bits per heavy atom. The molecular formula is C14H12Cl3NOS. The molecule has 0 spiro atoms. The Bertz CT molecular complexity index is 543. The van der Waals surface area contributed by atoms with Crippen molar-refractivity contribution in [3.05, 3.63) is 60.7 Å². The van der Waals surface area contributed by atoms with Gasteiger partial charge < -0.3 is 5.11 Å². The van der Waals surface area contributed by atoms with Crippen LogP contribution in [0.5, 0.6) is 0 Å². The molecule has 2 aromatic carbocycles. The molecule has 0 amide bonds. The molecule has 0 heterocycles. The summed E-state index contributed by atoms with van der Waals surface area (Å²) in [6, 6.07) is 19.2. The Kier molecular flexibility index (Phi) is 5.47. The van der Waals surface area contributed by atoms with Crippen molar-refractivity contribution in [1.82, 2.24) is 0 Å². The highest BCUT2D eigenvalue weighted by atomic mass is 35.6. The summed E-state index contributed by atoms with van der Waals surface area (Å²) in [6.45, 7) is 0. The zero-order valence-electron chi connectivity index (χ0n) is 10.3. The summed E-state index contributed by atoms with van der Waals surface area (Å²) < 4.78 is 2.44. The second-order valence-corrected chi connectivity index (χ2v) is 8.02. The van der Waals surface area contributed by atoms with Gasteiger partial charge in [0.2, 0.25) is 3.79 Å². The monoisotopic (exact) mass is 347 g/mol. The smallest absolute Gasteiger partial charge is 0.236 e.